The van der Waals surface area contributed by atoms with Gasteiger partial charge in [0.2, 0.25) is 0 Å². The molecule has 0 saturated carbocycles. The Morgan fingerprint density at radius 3 is 2.92 bits per heavy atom. The van der Waals surface area contributed by atoms with Gasteiger partial charge in [-0.15, -0.1) is 0 Å². The average molecular weight is 338 g/mol. The van der Waals surface area contributed by atoms with E-state index < -0.39 is 5.60 Å². The molecule has 0 unspecified atom stereocenters. The Hall–Kier alpha value is -2.81. The van der Waals surface area contributed by atoms with Crippen molar-refractivity contribution in [3.63, 3.8) is 0 Å². The Morgan fingerprint density at radius 2 is 2.20 bits per heavy atom. The van der Waals surface area contributed by atoms with Crippen molar-refractivity contribution < 1.29 is 9.53 Å². The van der Waals surface area contributed by atoms with Crippen molar-refractivity contribution >= 4 is 22.7 Å². The lowest BCUT2D eigenvalue weighted by atomic mass is 10.1. The lowest BCUT2D eigenvalue weighted by Crippen LogP contribution is -2.36. The van der Waals surface area contributed by atoms with Crippen LogP contribution in [0.25, 0.3) is 10.9 Å². The zero-order valence-corrected chi connectivity index (χ0v) is 14.7. The van der Waals surface area contributed by atoms with Crippen LogP contribution >= 0.6 is 0 Å². The summed E-state index contributed by atoms with van der Waals surface area (Å²) in [4.78, 5) is 18.2. The van der Waals surface area contributed by atoms with Gasteiger partial charge in [0.15, 0.2) is 0 Å². The molecule has 0 radical (unpaired) electrons. The van der Waals surface area contributed by atoms with Crippen LogP contribution in [0.2, 0.25) is 0 Å². The van der Waals surface area contributed by atoms with Crippen LogP contribution in [0.1, 0.15) is 32.8 Å². The monoisotopic (exact) mass is 338 g/mol. The highest BCUT2D eigenvalue weighted by molar-refractivity contribution is 5.94. The number of hydrogen-bond acceptors (Lipinski definition) is 5. The van der Waals surface area contributed by atoms with Crippen molar-refractivity contribution in [2.24, 2.45) is 0 Å². The number of likely N-dealkylation sites (tertiary alicyclic amines) is 1. The molecule has 1 saturated heterocycles. The second-order valence-electron chi connectivity index (χ2n) is 7.23. The normalized spacial score (nSPS) is 17.4. The molecule has 130 valence electrons. The predicted octanol–water partition coefficient (Wildman–Crippen LogP) is 3.53. The molecule has 1 aromatic carbocycles. The maximum absolute atomic E-state index is 12.2. The molecular weight excluding hydrogens is 316 g/mol. The van der Waals surface area contributed by atoms with Crippen LogP contribution in [-0.2, 0) is 4.74 Å². The first-order valence-corrected chi connectivity index (χ1v) is 8.40. The van der Waals surface area contributed by atoms with Gasteiger partial charge >= 0.3 is 6.09 Å². The van der Waals surface area contributed by atoms with Crippen molar-refractivity contribution in [2.75, 3.05) is 18.4 Å². The van der Waals surface area contributed by atoms with Crippen molar-refractivity contribution in [3.05, 3.63) is 36.0 Å². The second-order valence-corrected chi connectivity index (χ2v) is 7.23. The van der Waals surface area contributed by atoms with E-state index in [0.29, 0.717) is 24.2 Å². The Bertz CT molecular complexity index is 835. The molecule has 1 aromatic heterocycles. The number of carbonyl (C=O) groups is 1. The zero-order valence-electron chi connectivity index (χ0n) is 14.7. The van der Waals surface area contributed by atoms with Crippen molar-refractivity contribution in [3.8, 4) is 6.07 Å². The molecule has 25 heavy (non-hydrogen) atoms. The molecule has 3 rings (SSSR count). The number of benzene rings is 1. The van der Waals surface area contributed by atoms with Crippen LogP contribution in [0.5, 0.6) is 0 Å². The Kier molecular flexibility index (Phi) is 4.49. The van der Waals surface area contributed by atoms with E-state index in [1.165, 1.54) is 0 Å². The number of nitrogens with one attached hydrogen (secondary N) is 1. The summed E-state index contributed by atoms with van der Waals surface area (Å²) in [5.74, 6) is 0. The number of carbonyl (C=O) groups excluding carboxylic acids is 1. The smallest absolute Gasteiger partial charge is 0.410 e. The zero-order chi connectivity index (χ0) is 18.0. The maximum atomic E-state index is 12.2. The molecule has 6 nitrogen and oxygen atoms in total. The van der Waals surface area contributed by atoms with Gasteiger partial charge in [0, 0.05) is 36.4 Å². The summed E-state index contributed by atoms with van der Waals surface area (Å²) in [5.41, 5.74) is 1.69. The molecule has 0 bridgehead atoms. The van der Waals surface area contributed by atoms with Gasteiger partial charge in [0.05, 0.1) is 11.1 Å². The molecule has 0 aliphatic carbocycles. The fourth-order valence-corrected chi connectivity index (χ4v) is 2.98. The minimum Gasteiger partial charge on any atom is -0.444 e. The van der Waals surface area contributed by atoms with E-state index in [0.717, 1.165) is 17.5 Å². The molecule has 1 aliphatic heterocycles. The van der Waals surface area contributed by atoms with Crippen LogP contribution in [0.15, 0.2) is 30.5 Å². The van der Waals surface area contributed by atoms with E-state index in [9.17, 15) is 10.1 Å². The van der Waals surface area contributed by atoms with E-state index in [-0.39, 0.29) is 12.1 Å². The Balaban J connectivity index is 1.73. The van der Waals surface area contributed by atoms with Crippen molar-refractivity contribution in [2.45, 2.75) is 38.8 Å². The fourth-order valence-electron chi connectivity index (χ4n) is 2.98. The topological polar surface area (TPSA) is 78.2 Å². The first-order chi connectivity index (χ1) is 11.9. The van der Waals surface area contributed by atoms with Crippen molar-refractivity contribution in [1.82, 2.24) is 9.88 Å². The summed E-state index contributed by atoms with van der Waals surface area (Å²) in [6.45, 7) is 6.86. The van der Waals surface area contributed by atoms with E-state index in [4.69, 9.17) is 4.74 Å². The van der Waals surface area contributed by atoms with Gasteiger partial charge < -0.3 is 15.0 Å². The quantitative estimate of drug-likeness (QED) is 0.906. The molecule has 1 fully saturated rings. The molecule has 1 aliphatic rings. The minimum absolute atomic E-state index is 0.142. The van der Waals surface area contributed by atoms with Crippen LogP contribution in [0.3, 0.4) is 0 Å². The first-order valence-electron chi connectivity index (χ1n) is 8.40. The number of ether oxygens (including phenoxy) is 1. The number of aromatic nitrogens is 1. The number of fused-ring (bicyclic) bond motifs is 1. The Morgan fingerprint density at radius 1 is 1.40 bits per heavy atom. The summed E-state index contributed by atoms with van der Waals surface area (Å²) >= 11 is 0. The summed E-state index contributed by atoms with van der Waals surface area (Å²) in [7, 11) is 0. The van der Waals surface area contributed by atoms with Gasteiger partial charge in [-0.3, -0.25) is 4.98 Å². The molecule has 1 atom stereocenters. The summed E-state index contributed by atoms with van der Waals surface area (Å²) < 4.78 is 5.43. The number of nitrogens with zero attached hydrogens (tertiary/aromatic N) is 3. The second kappa shape index (κ2) is 6.60. The molecule has 0 spiro atoms. The van der Waals surface area contributed by atoms with E-state index in [1.807, 2.05) is 39.0 Å². The highest BCUT2D eigenvalue weighted by Gasteiger charge is 2.30. The van der Waals surface area contributed by atoms with E-state index >= 15 is 0 Å². The standard InChI is InChI=1S/C19H22N4O2/c1-19(2,3)25-18(24)23-10-8-14(12-23)22-16-7-6-13(11-20)17-15(16)5-4-9-21-17/h4-7,9,14,22H,8,10,12H2,1-3H3/t14-/m0/s1. The average Bonchev–Trinajstić information content (AvgIpc) is 3.02. The molecule has 2 aromatic rings. The van der Waals surface area contributed by atoms with Crippen LogP contribution in [0, 0.1) is 11.3 Å². The molecule has 1 N–H and O–H groups in total. The number of pyridine rings is 1. The first kappa shape index (κ1) is 17.0. The van der Waals surface area contributed by atoms with E-state index in [1.54, 1.807) is 17.2 Å². The van der Waals surface area contributed by atoms with Crippen molar-refractivity contribution in [1.29, 1.82) is 5.26 Å². The highest BCUT2D eigenvalue weighted by atomic mass is 16.6. The molecular formula is C19H22N4O2. The van der Waals surface area contributed by atoms with E-state index in [2.05, 4.69) is 16.4 Å². The Labute approximate surface area is 147 Å². The third kappa shape index (κ3) is 3.82. The van der Waals surface area contributed by atoms with Gasteiger partial charge in [-0.2, -0.15) is 5.26 Å². The summed E-state index contributed by atoms with van der Waals surface area (Å²) in [6, 6.07) is 9.80. The minimum atomic E-state index is -0.488. The lowest BCUT2D eigenvalue weighted by Gasteiger charge is -2.24. The van der Waals surface area contributed by atoms with Gasteiger partial charge in [0.25, 0.3) is 0 Å². The van der Waals surface area contributed by atoms with Gasteiger partial charge in [-0.05, 0) is 51.5 Å². The SMILES string of the molecule is CC(C)(C)OC(=O)N1CC[C@H](Nc2ccc(C#N)c3ncccc23)C1. The summed E-state index contributed by atoms with van der Waals surface area (Å²) in [5, 5.41) is 13.6. The largest absolute Gasteiger partial charge is 0.444 e. The number of amides is 1. The van der Waals surface area contributed by atoms with Gasteiger partial charge in [-0.25, -0.2) is 4.79 Å². The van der Waals surface area contributed by atoms with Crippen LogP contribution < -0.4 is 5.32 Å². The summed E-state index contributed by atoms with van der Waals surface area (Å²) in [6.07, 6.45) is 2.26. The maximum Gasteiger partial charge on any atom is 0.410 e. The number of nitriles is 1. The molecule has 2 heterocycles. The number of rotatable bonds is 2. The third-order valence-electron chi connectivity index (χ3n) is 4.09. The van der Waals surface area contributed by atoms with Crippen LogP contribution in [-0.4, -0.2) is 40.7 Å². The molecule has 1 amide bonds. The molecule has 6 heteroatoms. The number of anilines is 1. The lowest BCUT2D eigenvalue weighted by molar-refractivity contribution is 0.0293. The predicted molar refractivity (Wildman–Crippen MR) is 96.3 cm³/mol. The fraction of sp³-hybridized carbons (Fsp3) is 0.421. The highest BCUT2D eigenvalue weighted by Crippen LogP contribution is 2.27. The third-order valence-corrected chi connectivity index (χ3v) is 4.09. The number of hydrogen-bond donors (Lipinski definition) is 1. The van der Waals surface area contributed by atoms with Gasteiger partial charge in [0.1, 0.15) is 11.7 Å². The van der Waals surface area contributed by atoms with Crippen LogP contribution in [0.4, 0.5) is 10.5 Å². The van der Waals surface area contributed by atoms with Gasteiger partial charge in [-0.1, -0.05) is 0 Å².